The van der Waals surface area contributed by atoms with Gasteiger partial charge in [0.15, 0.2) is 0 Å². The number of amides is 4. The van der Waals surface area contributed by atoms with Gasteiger partial charge in [-0.2, -0.15) is 0 Å². The van der Waals surface area contributed by atoms with Gasteiger partial charge in [0.25, 0.3) is 0 Å². The molecule has 5 heteroatoms. The first-order chi connectivity index (χ1) is 8.16. The molecule has 1 aliphatic heterocycles. The Balaban J connectivity index is 3.25. The zero-order chi connectivity index (χ0) is 14.1. The molecule has 0 aliphatic carbocycles. The molecule has 5 nitrogen and oxygen atoms in total. The summed E-state index contributed by atoms with van der Waals surface area (Å²) in [5.74, 6) is -1.11. The van der Waals surface area contributed by atoms with Crippen molar-refractivity contribution in [2.45, 2.75) is 47.5 Å². The Bertz CT molecular complexity index is 362. The number of rotatable bonds is 3. The summed E-state index contributed by atoms with van der Waals surface area (Å²) in [4.78, 5) is 35.6. The van der Waals surface area contributed by atoms with Gasteiger partial charge in [0.2, 0.25) is 11.8 Å². The highest BCUT2D eigenvalue weighted by atomic mass is 16.2. The summed E-state index contributed by atoms with van der Waals surface area (Å²) in [7, 11) is 0. The Morgan fingerprint density at radius 3 is 1.89 bits per heavy atom. The molecule has 0 aromatic heterocycles. The van der Waals surface area contributed by atoms with E-state index in [2.05, 4.69) is 10.6 Å². The van der Waals surface area contributed by atoms with Crippen LogP contribution in [-0.2, 0) is 9.59 Å². The van der Waals surface area contributed by atoms with Crippen LogP contribution in [0, 0.1) is 16.7 Å². The number of barbiturate groups is 1. The lowest BCUT2D eigenvalue weighted by Crippen LogP contribution is -2.65. The Hall–Kier alpha value is -1.39. The van der Waals surface area contributed by atoms with Crippen molar-refractivity contribution in [1.29, 1.82) is 0 Å². The highest BCUT2D eigenvalue weighted by Gasteiger charge is 2.55. The first kappa shape index (κ1) is 14.7. The van der Waals surface area contributed by atoms with Gasteiger partial charge in [-0.15, -0.1) is 0 Å². The molecule has 102 valence electrons. The van der Waals surface area contributed by atoms with Crippen LogP contribution < -0.4 is 10.6 Å². The van der Waals surface area contributed by atoms with Crippen LogP contribution >= 0.6 is 0 Å². The topological polar surface area (TPSA) is 75.3 Å². The van der Waals surface area contributed by atoms with Gasteiger partial charge in [0.05, 0.1) is 0 Å². The zero-order valence-corrected chi connectivity index (χ0v) is 11.7. The monoisotopic (exact) mass is 254 g/mol. The third kappa shape index (κ3) is 2.26. The molecular weight excluding hydrogens is 232 g/mol. The third-order valence-corrected chi connectivity index (χ3v) is 3.95. The van der Waals surface area contributed by atoms with Gasteiger partial charge in [0.1, 0.15) is 5.41 Å². The molecule has 0 radical (unpaired) electrons. The van der Waals surface area contributed by atoms with Gasteiger partial charge in [-0.1, -0.05) is 41.0 Å². The number of imide groups is 2. The number of hydrogen-bond donors (Lipinski definition) is 2. The molecular formula is C13H22N2O3. The van der Waals surface area contributed by atoms with Crippen LogP contribution in [0.4, 0.5) is 4.79 Å². The van der Waals surface area contributed by atoms with Gasteiger partial charge >= 0.3 is 6.03 Å². The number of urea groups is 1. The minimum absolute atomic E-state index is 0.168. The predicted octanol–water partition coefficient (Wildman–Crippen LogP) is 1.82. The maximum absolute atomic E-state index is 12.2. The van der Waals surface area contributed by atoms with Crippen LogP contribution in [0.1, 0.15) is 47.5 Å². The first-order valence-electron chi connectivity index (χ1n) is 6.33. The smallest absolute Gasteiger partial charge is 0.277 e. The summed E-state index contributed by atoms with van der Waals surface area (Å²) >= 11 is 0. The second kappa shape index (κ2) is 4.71. The van der Waals surface area contributed by atoms with E-state index in [4.69, 9.17) is 0 Å². The van der Waals surface area contributed by atoms with E-state index >= 15 is 0 Å². The molecule has 0 bridgehead atoms. The van der Waals surface area contributed by atoms with Crippen LogP contribution in [0.5, 0.6) is 0 Å². The van der Waals surface area contributed by atoms with Crippen molar-refractivity contribution in [3.05, 3.63) is 0 Å². The lowest BCUT2D eigenvalue weighted by Gasteiger charge is -2.44. The molecule has 4 amide bonds. The second-order valence-corrected chi connectivity index (χ2v) is 6.05. The molecule has 1 heterocycles. The van der Waals surface area contributed by atoms with E-state index in [1.54, 1.807) is 0 Å². The molecule has 0 aromatic rings. The van der Waals surface area contributed by atoms with E-state index < -0.39 is 23.3 Å². The molecule has 0 spiro atoms. The predicted molar refractivity (Wildman–Crippen MR) is 67.6 cm³/mol. The second-order valence-electron chi connectivity index (χ2n) is 6.05. The standard InChI is InChI=1S/C13H22N2O3/c1-6-7-13(8(2)12(3,4)5)9(16)14-11(18)15-10(13)17/h8H,6-7H2,1-5H3,(H2,14,15,16,17,18). The molecule has 1 unspecified atom stereocenters. The normalized spacial score (nSPS) is 21.3. The van der Waals surface area contributed by atoms with Crippen LogP contribution in [0.15, 0.2) is 0 Å². The fourth-order valence-electron chi connectivity index (χ4n) is 2.53. The lowest BCUT2D eigenvalue weighted by molar-refractivity contribution is -0.152. The summed E-state index contributed by atoms with van der Waals surface area (Å²) in [5.41, 5.74) is -1.36. The van der Waals surface area contributed by atoms with Gasteiger partial charge in [-0.25, -0.2) is 4.79 Å². The fourth-order valence-corrected chi connectivity index (χ4v) is 2.53. The van der Waals surface area contributed by atoms with Crippen molar-refractivity contribution < 1.29 is 14.4 Å². The van der Waals surface area contributed by atoms with E-state index in [-0.39, 0.29) is 11.3 Å². The molecule has 1 atom stereocenters. The lowest BCUT2D eigenvalue weighted by atomic mass is 9.61. The summed E-state index contributed by atoms with van der Waals surface area (Å²) in [5, 5.41) is 4.46. The quantitative estimate of drug-likeness (QED) is 0.754. The third-order valence-electron chi connectivity index (χ3n) is 3.95. The van der Waals surface area contributed by atoms with E-state index in [1.165, 1.54) is 0 Å². The number of carbonyl (C=O) groups excluding carboxylic acids is 3. The zero-order valence-electron chi connectivity index (χ0n) is 11.7. The average Bonchev–Trinajstić information content (AvgIpc) is 2.21. The molecule has 0 aromatic carbocycles. The van der Waals surface area contributed by atoms with Crippen LogP contribution in [0.25, 0.3) is 0 Å². The van der Waals surface area contributed by atoms with Crippen molar-refractivity contribution in [2.75, 3.05) is 0 Å². The van der Waals surface area contributed by atoms with Crippen molar-refractivity contribution in [3.63, 3.8) is 0 Å². The molecule has 18 heavy (non-hydrogen) atoms. The molecule has 1 rings (SSSR count). The molecule has 1 saturated heterocycles. The summed E-state index contributed by atoms with van der Waals surface area (Å²) in [6, 6.07) is -0.724. The Morgan fingerprint density at radius 1 is 1.11 bits per heavy atom. The maximum atomic E-state index is 12.2. The van der Waals surface area contributed by atoms with Crippen molar-refractivity contribution in [2.24, 2.45) is 16.7 Å². The molecule has 1 aliphatic rings. The maximum Gasteiger partial charge on any atom is 0.328 e. The molecule has 2 N–H and O–H groups in total. The number of hydrogen-bond acceptors (Lipinski definition) is 3. The van der Waals surface area contributed by atoms with Gasteiger partial charge in [0, 0.05) is 0 Å². The van der Waals surface area contributed by atoms with Crippen molar-refractivity contribution >= 4 is 17.8 Å². The average molecular weight is 254 g/mol. The SMILES string of the molecule is CCCC1(C(C)C(C)(C)C)C(=O)NC(=O)NC1=O. The first-order valence-corrected chi connectivity index (χ1v) is 6.33. The summed E-state index contributed by atoms with van der Waals surface area (Å²) in [6.45, 7) is 9.79. The van der Waals surface area contributed by atoms with Gasteiger partial charge < -0.3 is 0 Å². The van der Waals surface area contributed by atoms with Gasteiger partial charge in [-0.05, 0) is 17.8 Å². The van der Waals surface area contributed by atoms with Crippen molar-refractivity contribution in [3.8, 4) is 0 Å². The van der Waals surface area contributed by atoms with E-state index in [1.807, 2.05) is 34.6 Å². The van der Waals surface area contributed by atoms with E-state index in [0.29, 0.717) is 12.8 Å². The Morgan fingerprint density at radius 2 is 1.56 bits per heavy atom. The number of carbonyl (C=O) groups is 3. The van der Waals surface area contributed by atoms with E-state index in [9.17, 15) is 14.4 Å². The minimum Gasteiger partial charge on any atom is -0.277 e. The van der Waals surface area contributed by atoms with E-state index in [0.717, 1.165) is 0 Å². The van der Waals surface area contributed by atoms with Crippen LogP contribution in [0.3, 0.4) is 0 Å². The van der Waals surface area contributed by atoms with Crippen LogP contribution in [0.2, 0.25) is 0 Å². The molecule has 1 fully saturated rings. The fraction of sp³-hybridized carbons (Fsp3) is 0.769. The largest absolute Gasteiger partial charge is 0.328 e. The highest BCUT2D eigenvalue weighted by Crippen LogP contribution is 2.44. The Kier molecular flexibility index (Phi) is 3.84. The molecule has 0 saturated carbocycles. The van der Waals surface area contributed by atoms with Gasteiger partial charge in [-0.3, -0.25) is 20.2 Å². The minimum atomic E-state index is -1.15. The van der Waals surface area contributed by atoms with Crippen molar-refractivity contribution in [1.82, 2.24) is 10.6 Å². The Labute approximate surface area is 108 Å². The summed E-state index contributed by atoms with van der Waals surface area (Å²) < 4.78 is 0. The summed E-state index contributed by atoms with van der Waals surface area (Å²) in [6.07, 6.45) is 1.14. The highest BCUT2D eigenvalue weighted by molar-refractivity contribution is 6.19. The van der Waals surface area contributed by atoms with Crippen LogP contribution in [-0.4, -0.2) is 17.8 Å². The number of nitrogens with one attached hydrogen (secondary N) is 2.